The third-order valence-corrected chi connectivity index (χ3v) is 8.53. The SMILES string of the molecule is O=C1CC2(CCC(O)(c3cccs3)C(C(=O)c3cccs3)C2)C(=O)c2ccccc2N1. The molecule has 0 saturated heterocycles. The minimum Gasteiger partial charge on any atom is -0.384 e. The molecule has 1 aliphatic heterocycles. The van der Waals surface area contributed by atoms with Gasteiger partial charge in [0.1, 0.15) is 5.60 Å². The fourth-order valence-corrected chi connectivity index (χ4v) is 6.64. The summed E-state index contributed by atoms with van der Waals surface area (Å²) in [7, 11) is 0. The monoisotopic (exact) mass is 451 g/mol. The van der Waals surface area contributed by atoms with Gasteiger partial charge >= 0.3 is 0 Å². The number of Topliss-reactive ketones (excluding diaryl/α,β-unsaturated/α-hetero) is 2. The lowest BCUT2D eigenvalue weighted by molar-refractivity contribution is -0.120. The van der Waals surface area contributed by atoms with Crippen molar-refractivity contribution in [2.45, 2.75) is 31.3 Å². The maximum Gasteiger partial charge on any atom is 0.225 e. The summed E-state index contributed by atoms with van der Waals surface area (Å²) in [4.78, 5) is 41.3. The maximum absolute atomic E-state index is 13.7. The van der Waals surface area contributed by atoms with Crippen LogP contribution >= 0.6 is 22.7 Å². The number of para-hydroxylation sites is 1. The van der Waals surface area contributed by atoms with Gasteiger partial charge in [0.05, 0.1) is 16.5 Å². The van der Waals surface area contributed by atoms with Gasteiger partial charge in [-0.2, -0.15) is 0 Å². The maximum atomic E-state index is 13.7. The number of benzene rings is 1. The van der Waals surface area contributed by atoms with Gasteiger partial charge in [0.15, 0.2) is 11.6 Å². The number of hydrogen-bond acceptors (Lipinski definition) is 6. The largest absolute Gasteiger partial charge is 0.384 e. The molecule has 31 heavy (non-hydrogen) atoms. The summed E-state index contributed by atoms with van der Waals surface area (Å²) in [6.07, 6.45) is 0.737. The number of carbonyl (C=O) groups excluding carboxylic acids is 3. The van der Waals surface area contributed by atoms with E-state index in [1.165, 1.54) is 22.7 Å². The number of rotatable bonds is 3. The van der Waals surface area contributed by atoms with Gasteiger partial charge in [-0.05, 0) is 54.3 Å². The number of nitrogens with one attached hydrogen (secondary N) is 1. The van der Waals surface area contributed by atoms with E-state index < -0.39 is 16.9 Å². The number of ketones is 2. The highest BCUT2D eigenvalue weighted by Gasteiger charge is 2.57. The van der Waals surface area contributed by atoms with Gasteiger partial charge in [0, 0.05) is 22.3 Å². The Labute approximate surface area is 187 Å². The molecule has 0 radical (unpaired) electrons. The summed E-state index contributed by atoms with van der Waals surface area (Å²) < 4.78 is 0. The lowest BCUT2D eigenvalue weighted by atomic mass is 9.58. The second-order valence-electron chi connectivity index (χ2n) is 8.38. The van der Waals surface area contributed by atoms with Crippen LogP contribution in [-0.2, 0) is 10.4 Å². The molecular weight excluding hydrogens is 430 g/mol. The van der Waals surface area contributed by atoms with E-state index in [-0.39, 0.29) is 36.7 Å². The van der Waals surface area contributed by atoms with Crippen molar-refractivity contribution in [3.05, 3.63) is 74.6 Å². The van der Waals surface area contributed by atoms with Gasteiger partial charge in [0.25, 0.3) is 0 Å². The predicted octanol–water partition coefficient (Wildman–Crippen LogP) is 4.89. The molecule has 1 amide bonds. The van der Waals surface area contributed by atoms with Crippen molar-refractivity contribution in [1.82, 2.24) is 0 Å². The van der Waals surface area contributed by atoms with E-state index in [0.29, 0.717) is 22.5 Å². The molecule has 1 aromatic carbocycles. The Morgan fingerprint density at radius 2 is 1.77 bits per heavy atom. The normalized spacial score (nSPS) is 28.1. The number of aliphatic hydroxyl groups is 1. The van der Waals surface area contributed by atoms with E-state index in [9.17, 15) is 19.5 Å². The smallest absolute Gasteiger partial charge is 0.225 e. The van der Waals surface area contributed by atoms with Crippen molar-refractivity contribution in [3.8, 4) is 0 Å². The number of amides is 1. The molecule has 1 saturated carbocycles. The van der Waals surface area contributed by atoms with E-state index in [1.807, 2.05) is 22.9 Å². The van der Waals surface area contributed by atoms with E-state index in [1.54, 1.807) is 36.4 Å². The highest BCUT2D eigenvalue weighted by atomic mass is 32.1. The quantitative estimate of drug-likeness (QED) is 0.555. The van der Waals surface area contributed by atoms with Crippen LogP contribution < -0.4 is 5.32 Å². The summed E-state index contributed by atoms with van der Waals surface area (Å²) >= 11 is 2.74. The molecule has 7 heteroatoms. The highest BCUT2D eigenvalue weighted by molar-refractivity contribution is 7.12. The number of anilines is 1. The number of hydrogen-bond donors (Lipinski definition) is 2. The lowest BCUT2D eigenvalue weighted by Crippen LogP contribution is -2.50. The highest BCUT2D eigenvalue weighted by Crippen LogP contribution is 2.55. The minimum absolute atomic E-state index is 0.00918. The second-order valence-corrected chi connectivity index (χ2v) is 10.3. The van der Waals surface area contributed by atoms with Crippen LogP contribution in [-0.4, -0.2) is 22.6 Å². The van der Waals surface area contributed by atoms with Crippen LogP contribution in [0.5, 0.6) is 0 Å². The summed E-state index contributed by atoms with van der Waals surface area (Å²) in [5.74, 6) is -1.34. The van der Waals surface area contributed by atoms with Gasteiger partial charge in [0.2, 0.25) is 5.91 Å². The Morgan fingerprint density at radius 3 is 2.52 bits per heavy atom. The zero-order valence-electron chi connectivity index (χ0n) is 16.7. The molecule has 5 rings (SSSR count). The molecule has 3 heterocycles. The lowest BCUT2D eigenvalue weighted by Gasteiger charge is -2.46. The first-order valence-corrected chi connectivity index (χ1v) is 12.0. The molecule has 2 aromatic heterocycles. The van der Waals surface area contributed by atoms with E-state index >= 15 is 0 Å². The standard InChI is InChI=1S/C24H21NO4S2/c26-20-14-23(22(28)15-5-1-2-6-17(15)25-20)9-10-24(29,19-8-4-12-31-19)16(13-23)21(27)18-7-3-11-30-18/h1-8,11-12,16,29H,9-10,13-14H2,(H,25,26). The van der Waals surface area contributed by atoms with Gasteiger partial charge in [-0.15, -0.1) is 22.7 Å². The van der Waals surface area contributed by atoms with Crippen LogP contribution in [0.25, 0.3) is 0 Å². The van der Waals surface area contributed by atoms with Crippen LogP contribution in [0.4, 0.5) is 5.69 Å². The van der Waals surface area contributed by atoms with Gasteiger partial charge in [-0.1, -0.05) is 24.3 Å². The van der Waals surface area contributed by atoms with E-state index in [0.717, 1.165) is 4.88 Å². The molecule has 3 unspecified atom stereocenters. The predicted molar refractivity (Wildman–Crippen MR) is 121 cm³/mol. The molecule has 2 aliphatic rings. The fourth-order valence-electron chi connectivity index (χ4n) is 5.01. The molecule has 158 valence electrons. The van der Waals surface area contributed by atoms with Crippen molar-refractivity contribution in [1.29, 1.82) is 0 Å². The number of carbonyl (C=O) groups is 3. The minimum atomic E-state index is -1.36. The Bertz CT molecular complexity index is 1150. The number of fused-ring (bicyclic) bond motifs is 1. The molecule has 3 aromatic rings. The first kappa shape index (κ1) is 20.3. The van der Waals surface area contributed by atoms with Gasteiger partial charge < -0.3 is 10.4 Å². The van der Waals surface area contributed by atoms with Crippen molar-refractivity contribution >= 4 is 45.8 Å². The zero-order chi connectivity index (χ0) is 21.6. The summed E-state index contributed by atoms with van der Waals surface area (Å²) in [5, 5.41) is 18.3. The molecular formula is C24H21NO4S2. The molecule has 2 N–H and O–H groups in total. The Balaban J connectivity index is 1.61. The molecule has 1 spiro atoms. The average molecular weight is 452 g/mol. The van der Waals surface area contributed by atoms with E-state index in [2.05, 4.69) is 5.32 Å². The van der Waals surface area contributed by atoms with Crippen LogP contribution in [0, 0.1) is 11.3 Å². The Kier molecular flexibility index (Phi) is 4.92. The summed E-state index contributed by atoms with van der Waals surface area (Å²) in [6.45, 7) is 0. The van der Waals surface area contributed by atoms with Crippen LogP contribution in [0.15, 0.2) is 59.3 Å². The molecule has 1 aliphatic carbocycles. The van der Waals surface area contributed by atoms with E-state index in [4.69, 9.17) is 0 Å². The molecule has 3 atom stereocenters. The summed E-state index contributed by atoms with van der Waals surface area (Å²) in [6, 6.07) is 14.3. The average Bonchev–Trinajstić information content (AvgIpc) is 3.48. The third-order valence-electron chi connectivity index (χ3n) is 6.61. The summed E-state index contributed by atoms with van der Waals surface area (Å²) in [5.41, 5.74) is -1.40. The van der Waals surface area contributed by atoms with Crippen molar-refractivity contribution in [3.63, 3.8) is 0 Å². The molecule has 0 bridgehead atoms. The fraction of sp³-hybridized carbons (Fsp3) is 0.292. The van der Waals surface area contributed by atoms with Gasteiger partial charge in [-0.3, -0.25) is 14.4 Å². The first-order chi connectivity index (χ1) is 14.9. The van der Waals surface area contributed by atoms with Crippen LogP contribution in [0.1, 0.15) is 50.6 Å². The second kappa shape index (κ2) is 7.51. The molecule has 1 fully saturated rings. The zero-order valence-corrected chi connectivity index (χ0v) is 18.3. The topological polar surface area (TPSA) is 83.5 Å². The first-order valence-electron chi connectivity index (χ1n) is 10.2. The molecule has 5 nitrogen and oxygen atoms in total. The number of thiophene rings is 2. The van der Waals surface area contributed by atoms with Crippen molar-refractivity contribution in [2.24, 2.45) is 11.3 Å². The van der Waals surface area contributed by atoms with Crippen molar-refractivity contribution in [2.75, 3.05) is 5.32 Å². The van der Waals surface area contributed by atoms with Crippen LogP contribution in [0.2, 0.25) is 0 Å². The Morgan fingerprint density at radius 1 is 1.00 bits per heavy atom. The van der Waals surface area contributed by atoms with Crippen molar-refractivity contribution < 1.29 is 19.5 Å². The Hall–Kier alpha value is -2.61. The van der Waals surface area contributed by atoms with Gasteiger partial charge in [-0.25, -0.2) is 0 Å². The third kappa shape index (κ3) is 3.28. The van der Waals surface area contributed by atoms with Crippen LogP contribution in [0.3, 0.4) is 0 Å².